The summed E-state index contributed by atoms with van der Waals surface area (Å²) < 4.78 is 0. The molecule has 66 heavy (non-hydrogen) atoms. The summed E-state index contributed by atoms with van der Waals surface area (Å²) in [6, 6.07) is 100.0. The molecule has 0 heterocycles. The summed E-state index contributed by atoms with van der Waals surface area (Å²) in [6.45, 7) is 0. The van der Waals surface area contributed by atoms with Gasteiger partial charge in [-0.15, -0.1) is 0 Å². The maximum atomic E-state index is 2.46. The zero-order chi connectivity index (χ0) is 43.9. The van der Waals surface area contributed by atoms with Crippen molar-refractivity contribution in [3.8, 4) is 55.6 Å². The molecule has 0 atom stereocenters. The molecule has 1 aliphatic rings. The van der Waals surface area contributed by atoms with Crippen LogP contribution >= 0.6 is 0 Å². The summed E-state index contributed by atoms with van der Waals surface area (Å²) >= 11 is 0. The van der Waals surface area contributed by atoms with Crippen molar-refractivity contribution in [3.05, 3.63) is 295 Å². The summed E-state index contributed by atoms with van der Waals surface area (Å²) in [5.74, 6) is 0. The molecule has 12 rings (SSSR count). The van der Waals surface area contributed by atoms with E-state index in [1.807, 2.05) is 0 Å². The zero-order valence-electron chi connectivity index (χ0n) is 36.4. The predicted molar refractivity (Wildman–Crippen MR) is 278 cm³/mol. The van der Waals surface area contributed by atoms with E-state index in [2.05, 4.69) is 278 Å². The van der Waals surface area contributed by atoms with E-state index in [0.717, 1.165) is 17.1 Å². The van der Waals surface area contributed by atoms with Gasteiger partial charge in [0, 0.05) is 16.9 Å². The second-order valence-electron chi connectivity index (χ2n) is 17.2. The van der Waals surface area contributed by atoms with Crippen LogP contribution in [-0.2, 0) is 5.41 Å². The van der Waals surface area contributed by atoms with Crippen LogP contribution in [-0.4, -0.2) is 0 Å². The topological polar surface area (TPSA) is 3.24 Å². The summed E-state index contributed by atoms with van der Waals surface area (Å²) in [4.78, 5) is 2.46. The third-order valence-electron chi connectivity index (χ3n) is 13.6. The first-order chi connectivity index (χ1) is 32.7. The first-order valence-corrected chi connectivity index (χ1v) is 22.8. The number of rotatable bonds is 9. The van der Waals surface area contributed by atoms with Gasteiger partial charge < -0.3 is 4.90 Å². The number of hydrogen-bond donors (Lipinski definition) is 0. The number of fused-ring (bicyclic) bond motifs is 4. The molecule has 0 saturated heterocycles. The highest BCUT2D eigenvalue weighted by Crippen LogP contribution is 2.59. The third kappa shape index (κ3) is 6.73. The van der Waals surface area contributed by atoms with Crippen LogP contribution in [0.3, 0.4) is 0 Å². The Labute approximate surface area is 387 Å². The number of nitrogens with zero attached hydrogens (tertiary/aromatic N) is 1. The molecule has 0 aromatic heterocycles. The summed E-state index contributed by atoms with van der Waals surface area (Å²) in [5.41, 5.74) is 20.0. The van der Waals surface area contributed by atoms with Gasteiger partial charge in [-0.1, -0.05) is 231 Å². The van der Waals surface area contributed by atoms with Crippen LogP contribution in [0.5, 0.6) is 0 Å². The maximum absolute atomic E-state index is 2.46. The van der Waals surface area contributed by atoms with Crippen molar-refractivity contribution in [1.29, 1.82) is 0 Å². The quantitative estimate of drug-likeness (QED) is 0.140. The maximum Gasteiger partial charge on any atom is 0.0714 e. The molecule has 0 spiro atoms. The SMILES string of the molecule is c1ccc(-c2ccc(-c3ccc(N(c4ccc(-c5cccc(-c6ccc7ccccc7c6)c5)cc4)c4cccc5c4-c4ccccc4C5(c4ccccc4)c4ccccc4)cc3)cc2)cc1. The van der Waals surface area contributed by atoms with E-state index < -0.39 is 5.41 Å². The van der Waals surface area contributed by atoms with E-state index in [4.69, 9.17) is 0 Å². The van der Waals surface area contributed by atoms with Gasteiger partial charge in [0.15, 0.2) is 0 Å². The Kier molecular flexibility index (Phi) is 9.81. The van der Waals surface area contributed by atoms with Gasteiger partial charge in [-0.05, 0) is 126 Å². The van der Waals surface area contributed by atoms with E-state index in [0.29, 0.717) is 0 Å². The van der Waals surface area contributed by atoms with Gasteiger partial charge in [-0.25, -0.2) is 0 Å². The number of anilines is 3. The number of benzene rings is 11. The fraction of sp³-hybridized carbons (Fsp3) is 0.0154. The minimum atomic E-state index is -0.508. The van der Waals surface area contributed by atoms with Gasteiger partial charge in [0.25, 0.3) is 0 Å². The van der Waals surface area contributed by atoms with Crippen LogP contribution < -0.4 is 4.90 Å². The summed E-state index contributed by atoms with van der Waals surface area (Å²) in [7, 11) is 0. The summed E-state index contributed by atoms with van der Waals surface area (Å²) in [6.07, 6.45) is 0. The molecular formula is C65H45N. The molecule has 0 amide bonds. The minimum absolute atomic E-state index is 0.508. The summed E-state index contributed by atoms with van der Waals surface area (Å²) in [5, 5.41) is 2.50. The Bertz CT molecular complexity index is 3440. The second-order valence-corrected chi connectivity index (χ2v) is 17.2. The Morgan fingerprint density at radius 1 is 0.258 bits per heavy atom. The van der Waals surface area contributed by atoms with E-state index in [1.54, 1.807) is 0 Å². The van der Waals surface area contributed by atoms with Crippen LogP contribution in [0.2, 0.25) is 0 Å². The highest BCUT2D eigenvalue weighted by molar-refractivity contribution is 5.98. The minimum Gasteiger partial charge on any atom is -0.310 e. The van der Waals surface area contributed by atoms with Crippen molar-refractivity contribution in [2.24, 2.45) is 0 Å². The lowest BCUT2D eigenvalue weighted by Crippen LogP contribution is -2.28. The van der Waals surface area contributed by atoms with Gasteiger partial charge in [0.1, 0.15) is 0 Å². The van der Waals surface area contributed by atoms with Gasteiger partial charge in [0.05, 0.1) is 11.1 Å². The molecule has 1 nitrogen and oxygen atoms in total. The molecule has 0 aliphatic heterocycles. The molecule has 0 radical (unpaired) electrons. The van der Waals surface area contributed by atoms with Gasteiger partial charge >= 0.3 is 0 Å². The monoisotopic (exact) mass is 839 g/mol. The van der Waals surface area contributed by atoms with Crippen molar-refractivity contribution < 1.29 is 0 Å². The number of hydrogen-bond acceptors (Lipinski definition) is 1. The van der Waals surface area contributed by atoms with Crippen LogP contribution in [0.25, 0.3) is 66.4 Å². The molecular weight excluding hydrogens is 795 g/mol. The second kappa shape index (κ2) is 16.6. The third-order valence-corrected chi connectivity index (χ3v) is 13.6. The lowest BCUT2D eigenvalue weighted by Gasteiger charge is -2.34. The Balaban J connectivity index is 0.997. The lowest BCUT2D eigenvalue weighted by molar-refractivity contribution is 0.768. The van der Waals surface area contributed by atoms with Crippen molar-refractivity contribution in [3.63, 3.8) is 0 Å². The van der Waals surface area contributed by atoms with E-state index in [1.165, 1.54) is 88.7 Å². The van der Waals surface area contributed by atoms with Gasteiger partial charge in [-0.2, -0.15) is 0 Å². The molecule has 0 bridgehead atoms. The van der Waals surface area contributed by atoms with E-state index in [-0.39, 0.29) is 0 Å². The first kappa shape index (κ1) is 39.1. The van der Waals surface area contributed by atoms with Crippen LogP contribution in [0, 0.1) is 0 Å². The Morgan fingerprint density at radius 2 is 0.667 bits per heavy atom. The van der Waals surface area contributed by atoms with E-state index in [9.17, 15) is 0 Å². The van der Waals surface area contributed by atoms with Crippen LogP contribution in [0.1, 0.15) is 22.3 Å². The van der Waals surface area contributed by atoms with Crippen molar-refractivity contribution in [2.45, 2.75) is 5.41 Å². The fourth-order valence-electron chi connectivity index (χ4n) is 10.4. The average Bonchev–Trinajstić information content (AvgIpc) is 3.71. The highest BCUT2D eigenvalue weighted by Gasteiger charge is 2.47. The van der Waals surface area contributed by atoms with Crippen molar-refractivity contribution in [1.82, 2.24) is 0 Å². The predicted octanol–water partition coefficient (Wildman–Crippen LogP) is 17.3. The first-order valence-electron chi connectivity index (χ1n) is 22.8. The molecule has 1 aliphatic carbocycles. The highest BCUT2D eigenvalue weighted by atomic mass is 15.1. The van der Waals surface area contributed by atoms with Crippen LogP contribution in [0.15, 0.2) is 273 Å². The molecule has 0 unspecified atom stereocenters. The van der Waals surface area contributed by atoms with Gasteiger partial charge in [-0.3, -0.25) is 0 Å². The van der Waals surface area contributed by atoms with Crippen molar-refractivity contribution >= 4 is 27.8 Å². The zero-order valence-corrected chi connectivity index (χ0v) is 36.4. The van der Waals surface area contributed by atoms with Gasteiger partial charge in [0.2, 0.25) is 0 Å². The smallest absolute Gasteiger partial charge is 0.0714 e. The molecule has 310 valence electrons. The Hall–Kier alpha value is -8.52. The normalized spacial score (nSPS) is 12.4. The van der Waals surface area contributed by atoms with Crippen LogP contribution in [0.4, 0.5) is 17.1 Å². The van der Waals surface area contributed by atoms with Crippen molar-refractivity contribution in [2.75, 3.05) is 4.90 Å². The lowest BCUT2D eigenvalue weighted by atomic mass is 9.68. The Morgan fingerprint density at radius 3 is 1.29 bits per heavy atom. The largest absolute Gasteiger partial charge is 0.310 e. The average molecular weight is 840 g/mol. The standard InChI is InChI=1S/C65H45N/c1-4-16-46(17-5-1)48-30-32-49(33-31-48)50-36-40-58(41-37-50)66(59-42-38-51(39-43-59)53-20-14-21-54(44-53)55-35-34-47-18-10-11-19-52(47)45-55)63-29-15-28-62-64(63)60-26-12-13-27-61(60)65(62,56-22-6-2-7-23-56)57-24-8-3-9-25-57/h1-45H. The molecule has 11 aromatic carbocycles. The molecule has 0 saturated carbocycles. The molecule has 0 N–H and O–H groups in total. The molecule has 1 heteroatoms. The molecule has 0 fully saturated rings. The fourth-order valence-corrected chi connectivity index (χ4v) is 10.4. The van der Waals surface area contributed by atoms with E-state index >= 15 is 0 Å². The molecule has 11 aromatic rings.